The molecule has 7 aromatic rings. The number of aromatic amines is 2. The van der Waals surface area contributed by atoms with E-state index in [0.717, 1.165) is 0 Å². The largest absolute Gasteiger partial charge is 0.352 e. The summed E-state index contributed by atoms with van der Waals surface area (Å²) in [6.45, 7) is 0. The fraction of sp³-hybridized carbons (Fsp3) is 0. The molecular formula is C44H14Cl16N4. The van der Waals surface area contributed by atoms with E-state index >= 15 is 0 Å². The van der Waals surface area contributed by atoms with Gasteiger partial charge in [0.05, 0.1) is 125 Å². The lowest BCUT2D eigenvalue weighted by atomic mass is 10.0. The van der Waals surface area contributed by atoms with Crippen LogP contribution in [0.15, 0.2) is 72.8 Å². The number of rotatable bonds is 4. The molecule has 8 bridgehead atoms. The summed E-state index contributed by atoms with van der Waals surface area (Å²) >= 11 is 114. The van der Waals surface area contributed by atoms with Crippen molar-refractivity contribution in [3.8, 4) is 44.5 Å². The number of nitrogens with one attached hydrogen (secondary N) is 2. The van der Waals surface area contributed by atoms with E-state index in [4.69, 9.17) is 196 Å². The van der Waals surface area contributed by atoms with Crippen molar-refractivity contribution in [2.75, 3.05) is 0 Å². The van der Waals surface area contributed by atoms with Crippen molar-refractivity contribution in [1.29, 1.82) is 0 Å². The second-order valence-electron chi connectivity index (χ2n) is 13.8. The SMILES string of the molecule is ClC1=C(Cl)c2nc1c(-c1c(Cl)cccc1Cl)c1nc(c(-c3c(Cl)cccc3Cl)c3[nH]c(c(Cl)c3Cl)c(-c3c(Cl)cccc3Cl)c3[nH]c(c(Cl)c3Cl)c2-c2c(Cl)cccc2Cl)C(Cl)=C1Cl. The number of aromatic nitrogens is 4. The van der Waals surface area contributed by atoms with Crippen LogP contribution in [0.2, 0.25) is 60.3 Å². The maximum Gasteiger partial charge on any atom is 0.0941 e. The Morgan fingerprint density at radius 3 is 0.719 bits per heavy atom. The molecule has 64 heavy (non-hydrogen) atoms. The third-order valence-electron chi connectivity index (χ3n) is 10.2. The van der Waals surface area contributed by atoms with Gasteiger partial charge in [-0.05, 0) is 48.5 Å². The van der Waals surface area contributed by atoms with Gasteiger partial charge in [-0.3, -0.25) is 0 Å². The molecule has 2 aliphatic heterocycles. The number of nitrogens with zero attached hydrogens (tertiary/aromatic N) is 2. The van der Waals surface area contributed by atoms with Gasteiger partial charge in [0.25, 0.3) is 0 Å². The Balaban J connectivity index is 1.70. The van der Waals surface area contributed by atoms with Crippen molar-refractivity contribution in [3.63, 3.8) is 0 Å². The molecular weight excluding hydrogens is 1150 g/mol. The molecule has 20 heteroatoms. The summed E-state index contributed by atoms with van der Waals surface area (Å²) in [5, 5.41) is 0.935. The first-order valence-corrected chi connectivity index (χ1v) is 23.9. The van der Waals surface area contributed by atoms with Crippen LogP contribution in [0.25, 0.3) is 86.7 Å². The third-order valence-corrected chi connectivity index (χ3v) is 16.1. The quantitative estimate of drug-likeness (QED) is 0.185. The second kappa shape index (κ2) is 18.2. The van der Waals surface area contributed by atoms with E-state index in [1.165, 1.54) is 0 Å². The Bertz CT molecular complexity index is 3220. The zero-order valence-corrected chi connectivity index (χ0v) is 43.0. The van der Waals surface area contributed by atoms with E-state index in [1.807, 2.05) is 0 Å². The lowest BCUT2D eigenvalue weighted by Gasteiger charge is -2.12. The topological polar surface area (TPSA) is 57.4 Å². The van der Waals surface area contributed by atoms with Gasteiger partial charge >= 0.3 is 0 Å². The Labute approximate surface area is 443 Å². The zero-order chi connectivity index (χ0) is 45.8. The molecule has 4 nitrogen and oxygen atoms in total. The molecule has 2 N–H and O–H groups in total. The first-order chi connectivity index (χ1) is 30.4. The average Bonchev–Trinajstić information content (AvgIpc) is 3.91. The predicted octanol–water partition coefficient (Wildman–Crippen LogP) is 21.4. The highest BCUT2D eigenvalue weighted by Gasteiger charge is 2.35. The molecule has 5 heterocycles. The van der Waals surface area contributed by atoms with E-state index in [9.17, 15) is 0 Å². The molecule has 2 aliphatic rings. The first-order valence-electron chi connectivity index (χ1n) is 17.9. The van der Waals surface area contributed by atoms with E-state index < -0.39 is 0 Å². The summed E-state index contributed by atoms with van der Waals surface area (Å²) < 4.78 is 0. The molecule has 3 aromatic heterocycles. The van der Waals surface area contributed by atoms with Crippen LogP contribution in [0.3, 0.4) is 0 Å². The van der Waals surface area contributed by atoms with E-state index in [1.54, 1.807) is 72.8 Å². The molecule has 0 fully saturated rings. The second-order valence-corrected chi connectivity index (χ2v) is 20.0. The summed E-state index contributed by atoms with van der Waals surface area (Å²) in [4.78, 5) is 17.0. The van der Waals surface area contributed by atoms with Crippen LogP contribution in [0, 0.1) is 0 Å². The number of hydrogen-bond acceptors (Lipinski definition) is 2. The Morgan fingerprint density at radius 1 is 0.250 bits per heavy atom. The minimum atomic E-state index is -0.0877. The molecule has 4 aromatic carbocycles. The number of H-pyrrole nitrogens is 2. The maximum absolute atomic E-state index is 7.32. The Hall–Kier alpha value is -1.88. The van der Waals surface area contributed by atoms with Crippen molar-refractivity contribution in [2.45, 2.75) is 0 Å². The summed E-state index contributed by atoms with van der Waals surface area (Å²) in [7, 11) is 0. The molecule has 0 unspecified atom stereocenters. The third kappa shape index (κ3) is 7.61. The molecule has 0 amide bonds. The van der Waals surface area contributed by atoms with Crippen LogP contribution in [0.1, 0.15) is 22.8 Å². The van der Waals surface area contributed by atoms with Crippen molar-refractivity contribution in [3.05, 3.63) is 156 Å². The fourth-order valence-electron chi connectivity index (χ4n) is 7.49. The monoisotopic (exact) mass is 1160 g/mol. The standard InChI is InChI=1S/C44H14Cl16N4/c45-13-5-1-6-14(46)21(13)25-37-29(53)31(55)39(61-37)26(22-15(47)7-2-8-16(22)48)41-33(57)35(59)43(63-41)28(24-19(51)11-4-12-20(24)52)44-36(60)34(58)42(64-44)27(23-17(49)9-3-10-18(23)50)40-32(56)30(54)38(25)62-40/h1-12,61-62H. The minimum absolute atomic E-state index is 0.0108. The summed E-state index contributed by atoms with van der Waals surface area (Å²) in [6.07, 6.45) is 0. The highest BCUT2D eigenvalue weighted by atomic mass is 35.5. The molecule has 0 atom stereocenters. The molecule has 0 saturated heterocycles. The molecule has 0 spiro atoms. The van der Waals surface area contributed by atoms with Gasteiger partial charge < -0.3 is 9.97 Å². The average molecular weight is 1170 g/mol. The fourth-order valence-corrected chi connectivity index (χ4v) is 11.7. The number of fused-ring (bicyclic) bond motifs is 8. The van der Waals surface area contributed by atoms with E-state index in [2.05, 4.69) is 9.97 Å². The number of benzene rings is 4. The van der Waals surface area contributed by atoms with Gasteiger partial charge in [0.2, 0.25) is 0 Å². The van der Waals surface area contributed by atoms with Crippen LogP contribution in [-0.4, -0.2) is 19.9 Å². The smallest absolute Gasteiger partial charge is 0.0941 e. The molecule has 0 radical (unpaired) electrons. The molecule has 0 saturated carbocycles. The van der Waals surface area contributed by atoms with Gasteiger partial charge in [0, 0.05) is 44.5 Å². The lowest BCUT2D eigenvalue weighted by Crippen LogP contribution is -1.95. The van der Waals surface area contributed by atoms with Gasteiger partial charge in [0.15, 0.2) is 0 Å². The number of hydrogen-bond donors (Lipinski definition) is 2. The summed E-state index contributed by atoms with van der Waals surface area (Å²) in [5.74, 6) is 0. The minimum Gasteiger partial charge on any atom is -0.352 e. The highest BCUT2D eigenvalue weighted by molar-refractivity contribution is 6.68. The Morgan fingerprint density at radius 2 is 0.453 bits per heavy atom. The normalized spacial score (nSPS) is 12.9. The predicted molar refractivity (Wildman–Crippen MR) is 280 cm³/mol. The van der Waals surface area contributed by atoms with Crippen LogP contribution in [0.5, 0.6) is 0 Å². The van der Waals surface area contributed by atoms with Gasteiger partial charge in [-0.1, -0.05) is 210 Å². The highest BCUT2D eigenvalue weighted by Crippen LogP contribution is 2.56. The van der Waals surface area contributed by atoms with Crippen LogP contribution in [-0.2, 0) is 0 Å². The van der Waals surface area contributed by atoms with E-state index in [0.29, 0.717) is 0 Å². The van der Waals surface area contributed by atoms with Gasteiger partial charge in [-0.25, -0.2) is 9.97 Å². The van der Waals surface area contributed by atoms with Crippen molar-refractivity contribution in [2.24, 2.45) is 0 Å². The van der Waals surface area contributed by atoms with Gasteiger partial charge in [-0.2, -0.15) is 0 Å². The van der Waals surface area contributed by atoms with Crippen molar-refractivity contribution >= 4 is 228 Å². The zero-order valence-electron chi connectivity index (χ0n) is 30.9. The van der Waals surface area contributed by atoms with Crippen LogP contribution in [0.4, 0.5) is 0 Å². The number of halogens is 16. The Kier molecular flexibility index (Phi) is 13.4. The summed E-state index contributed by atoms with van der Waals surface area (Å²) in [6, 6.07) is 19.6. The van der Waals surface area contributed by atoms with Gasteiger partial charge in [-0.15, -0.1) is 0 Å². The lowest BCUT2D eigenvalue weighted by molar-refractivity contribution is 1.27. The van der Waals surface area contributed by atoms with Crippen LogP contribution >= 0.6 is 186 Å². The van der Waals surface area contributed by atoms with E-state index in [-0.39, 0.29) is 170 Å². The maximum atomic E-state index is 7.32. The molecule has 9 rings (SSSR count). The van der Waals surface area contributed by atoms with Crippen molar-refractivity contribution in [1.82, 2.24) is 19.9 Å². The van der Waals surface area contributed by atoms with Crippen molar-refractivity contribution < 1.29 is 0 Å². The van der Waals surface area contributed by atoms with Gasteiger partial charge in [0.1, 0.15) is 0 Å². The molecule has 0 aliphatic carbocycles. The first kappa shape index (κ1) is 47.2. The van der Waals surface area contributed by atoms with Crippen LogP contribution < -0.4 is 0 Å². The summed E-state index contributed by atoms with van der Waals surface area (Å²) in [5.41, 5.74) is 2.23. The molecule has 322 valence electrons.